The van der Waals surface area contributed by atoms with Crippen LogP contribution in [-0.2, 0) is 10.3 Å². The molecule has 21 heavy (non-hydrogen) atoms. The molecule has 1 aromatic heterocycles. The van der Waals surface area contributed by atoms with Gasteiger partial charge in [-0.3, -0.25) is 0 Å². The van der Waals surface area contributed by atoms with Gasteiger partial charge in [-0.15, -0.1) is 0 Å². The Bertz CT molecular complexity index is 482. The molecule has 0 spiro atoms. The van der Waals surface area contributed by atoms with Gasteiger partial charge in [0.05, 0.1) is 0 Å². The monoisotopic (exact) mass is 295 g/mol. The second-order valence-electron chi connectivity index (χ2n) is 7.30. The minimum absolute atomic E-state index is 0.0528. The molecule has 2 N–H and O–H groups in total. The minimum atomic E-state index is -0.517. The predicted molar refractivity (Wildman–Crippen MR) is 81.8 cm³/mol. The molecule has 5 nitrogen and oxygen atoms in total. The second kappa shape index (κ2) is 5.69. The summed E-state index contributed by atoms with van der Waals surface area (Å²) >= 11 is 0. The Kier molecular flexibility index (Phi) is 4.45. The number of ether oxygens (including phenoxy) is 1. The summed E-state index contributed by atoms with van der Waals surface area (Å²) in [4.78, 5) is 4.64. The lowest BCUT2D eigenvalue weighted by atomic mass is 9.61. The van der Waals surface area contributed by atoms with Gasteiger partial charge in [-0.25, -0.2) is 0 Å². The third kappa shape index (κ3) is 2.99. The molecule has 1 aliphatic rings. The molecule has 3 atom stereocenters. The molecule has 0 aliphatic heterocycles. The maximum atomic E-state index is 6.22. The van der Waals surface area contributed by atoms with Crippen molar-refractivity contribution in [3.63, 3.8) is 0 Å². The summed E-state index contributed by atoms with van der Waals surface area (Å²) in [7, 11) is 0. The van der Waals surface area contributed by atoms with E-state index in [2.05, 4.69) is 30.9 Å². The Hall–Kier alpha value is -0.940. The van der Waals surface area contributed by atoms with Crippen molar-refractivity contribution in [1.29, 1.82) is 0 Å². The largest absolute Gasteiger partial charge is 0.368 e. The highest BCUT2D eigenvalue weighted by Crippen LogP contribution is 2.49. The van der Waals surface area contributed by atoms with E-state index in [1.165, 1.54) is 0 Å². The third-order valence-electron chi connectivity index (χ3n) is 5.29. The molecule has 1 fully saturated rings. The quantitative estimate of drug-likeness (QED) is 0.923. The molecule has 0 saturated heterocycles. The van der Waals surface area contributed by atoms with E-state index in [-0.39, 0.29) is 17.4 Å². The number of nitrogens with zero attached hydrogens (tertiary/aromatic N) is 2. The minimum Gasteiger partial charge on any atom is -0.368 e. The van der Waals surface area contributed by atoms with Crippen molar-refractivity contribution < 1.29 is 9.26 Å². The first-order valence-corrected chi connectivity index (χ1v) is 7.93. The van der Waals surface area contributed by atoms with Gasteiger partial charge in [0.2, 0.25) is 11.7 Å². The second-order valence-corrected chi connectivity index (χ2v) is 7.30. The zero-order chi connectivity index (χ0) is 15.8. The molecule has 120 valence electrons. The maximum Gasteiger partial charge on any atom is 0.230 e. The molecule has 0 amide bonds. The average Bonchev–Trinajstić information content (AvgIpc) is 2.86. The fourth-order valence-electron chi connectivity index (χ4n) is 3.34. The van der Waals surface area contributed by atoms with E-state index in [0.717, 1.165) is 18.7 Å². The Balaban J connectivity index is 2.25. The first-order chi connectivity index (χ1) is 9.70. The fourth-order valence-corrected chi connectivity index (χ4v) is 3.34. The lowest BCUT2D eigenvalue weighted by molar-refractivity contribution is -0.0221. The van der Waals surface area contributed by atoms with Crippen LogP contribution < -0.4 is 5.73 Å². The summed E-state index contributed by atoms with van der Waals surface area (Å²) in [5, 5.41) is 4.15. The Morgan fingerprint density at radius 2 is 2.05 bits per heavy atom. The summed E-state index contributed by atoms with van der Waals surface area (Å²) < 4.78 is 11.3. The van der Waals surface area contributed by atoms with Crippen LogP contribution >= 0.6 is 0 Å². The van der Waals surface area contributed by atoms with Crippen molar-refractivity contribution in [2.24, 2.45) is 17.1 Å². The van der Waals surface area contributed by atoms with Crippen LogP contribution in [0.3, 0.4) is 0 Å². The first-order valence-electron chi connectivity index (χ1n) is 7.93. The van der Waals surface area contributed by atoms with Gasteiger partial charge in [-0.05, 0) is 44.9 Å². The van der Waals surface area contributed by atoms with Crippen molar-refractivity contribution in [1.82, 2.24) is 10.1 Å². The van der Waals surface area contributed by atoms with Gasteiger partial charge in [-0.1, -0.05) is 25.9 Å². The summed E-state index contributed by atoms with van der Waals surface area (Å²) in [6.45, 7) is 13.2. The van der Waals surface area contributed by atoms with Crippen LogP contribution in [0, 0.1) is 11.3 Å². The number of hydrogen-bond acceptors (Lipinski definition) is 5. The Labute approximate surface area is 127 Å². The summed E-state index contributed by atoms with van der Waals surface area (Å²) in [5.74, 6) is 2.02. The van der Waals surface area contributed by atoms with Crippen LogP contribution in [0.2, 0.25) is 0 Å². The smallest absolute Gasteiger partial charge is 0.230 e. The molecular formula is C16H29N3O2. The lowest BCUT2D eigenvalue weighted by Gasteiger charge is -2.45. The molecule has 0 radical (unpaired) electrons. The van der Waals surface area contributed by atoms with Gasteiger partial charge in [-0.2, -0.15) is 4.98 Å². The molecule has 3 unspecified atom stereocenters. The number of rotatable bonds is 4. The lowest BCUT2D eigenvalue weighted by Crippen LogP contribution is -2.45. The summed E-state index contributed by atoms with van der Waals surface area (Å²) in [6.07, 6.45) is 2.00. The normalized spacial score (nSPS) is 29.6. The Morgan fingerprint density at radius 1 is 1.38 bits per heavy atom. The van der Waals surface area contributed by atoms with Gasteiger partial charge < -0.3 is 15.0 Å². The molecule has 1 aliphatic carbocycles. The third-order valence-corrected chi connectivity index (χ3v) is 5.29. The van der Waals surface area contributed by atoms with E-state index in [9.17, 15) is 0 Å². The van der Waals surface area contributed by atoms with Crippen LogP contribution in [0.4, 0.5) is 0 Å². The van der Waals surface area contributed by atoms with Crippen LogP contribution in [-0.4, -0.2) is 22.8 Å². The van der Waals surface area contributed by atoms with Crippen molar-refractivity contribution in [2.75, 3.05) is 6.61 Å². The Morgan fingerprint density at radius 3 is 2.67 bits per heavy atom. The van der Waals surface area contributed by atoms with Gasteiger partial charge in [0.25, 0.3) is 0 Å². The van der Waals surface area contributed by atoms with Gasteiger partial charge >= 0.3 is 0 Å². The van der Waals surface area contributed by atoms with E-state index in [1.54, 1.807) is 0 Å². The summed E-state index contributed by atoms with van der Waals surface area (Å²) in [6, 6.07) is 0.249. The molecule has 5 heteroatoms. The molecule has 0 bridgehead atoms. The highest BCUT2D eigenvalue weighted by molar-refractivity contribution is 5.08. The van der Waals surface area contributed by atoms with Gasteiger partial charge in [0, 0.05) is 18.6 Å². The predicted octanol–water partition coefficient (Wildman–Crippen LogP) is 3.21. The fraction of sp³-hybridized carbons (Fsp3) is 0.875. The van der Waals surface area contributed by atoms with E-state index in [0.29, 0.717) is 18.3 Å². The standard InChI is InChI=1S/C16H29N3O2/c1-7-20-16(5,6)14-18-13(21-19-14)11-8-9-12(17)10(2)15(11,3)4/h10-12H,7-9,17H2,1-6H3. The summed E-state index contributed by atoms with van der Waals surface area (Å²) in [5.41, 5.74) is 5.76. The van der Waals surface area contributed by atoms with Crippen molar-refractivity contribution in [2.45, 2.75) is 71.9 Å². The van der Waals surface area contributed by atoms with Gasteiger partial charge in [0.1, 0.15) is 5.60 Å². The molecule has 2 rings (SSSR count). The zero-order valence-electron chi connectivity index (χ0n) is 14.1. The zero-order valence-corrected chi connectivity index (χ0v) is 14.1. The highest BCUT2D eigenvalue weighted by Gasteiger charge is 2.45. The molecule has 1 saturated carbocycles. The van der Waals surface area contributed by atoms with Gasteiger partial charge in [0.15, 0.2) is 0 Å². The van der Waals surface area contributed by atoms with Crippen LogP contribution in [0.1, 0.15) is 72.0 Å². The van der Waals surface area contributed by atoms with E-state index in [4.69, 9.17) is 15.0 Å². The van der Waals surface area contributed by atoms with E-state index >= 15 is 0 Å². The van der Waals surface area contributed by atoms with E-state index in [1.807, 2.05) is 20.8 Å². The topological polar surface area (TPSA) is 74.2 Å². The maximum absolute atomic E-state index is 6.22. The van der Waals surface area contributed by atoms with Crippen LogP contribution in [0.25, 0.3) is 0 Å². The number of nitrogens with two attached hydrogens (primary N) is 1. The van der Waals surface area contributed by atoms with Crippen molar-refractivity contribution in [3.05, 3.63) is 11.7 Å². The molecule has 1 aromatic rings. The highest BCUT2D eigenvalue weighted by atomic mass is 16.5. The molecule has 1 heterocycles. The van der Waals surface area contributed by atoms with Crippen LogP contribution in [0.15, 0.2) is 4.52 Å². The first kappa shape index (κ1) is 16.4. The SMILES string of the molecule is CCOC(C)(C)c1noc(C2CCC(N)C(C)C2(C)C)n1. The number of aromatic nitrogens is 2. The van der Waals surface area contributed by atoms with Crippen molar-refractivity contribution in [3.8, 4) is 0 Å². The van der Waals surface area contributed by atoms with E-state index < -0.39 is 5.60 Å². The van der Waals surface area contributed by atoms with Crippen molar-refractivity contribution >= 4 is 0 Å². The average molecular weight is 295 g/mol. The van der Waals surface area contributed by atoms with Crippen LogP contribution in [0.5, 0.6) is 0 Å². The number of hydrogen-bond donors (Lipinski definition) is 1. The molecular weight excluding hydrogens is 266 g/mol. The molecule has 0 aromatic carbocycles.